The van der Waals surface area contributed by atoms with Crippen LogP contribution in [0.2, 0.25) is 0 Å². The summed E-state index contributed by atoms with van der Waals surface area (Å²) in [6.07, 6.45) is 1.52. The lowest BCUT2D eigenvalue weighted by atomic mass is 10.2. The number of rotatable bonds is 5. The molecule has 0 fully saturated rings. The average Bonchev–Trinajstić information content (AvgIpc) is 3.32. The van der Waals surface area contributed by atoms with Crippen molar-refractivity contribution < 1.29 is 4.79 Å². The van der Waals surface area contributed by atoms with Gasteiger partial charge in [-0.1, -0.05) is 6.07 Å². The molecule has 0 atom stereocenters. The Morgan fingerprint density at radius 3 is 2.80 bits per heavy atom. The molecule has 10 heteroatoms. The number of amides is 1. The van der Waals surface area contributed by atoms with Crippen LogP contribution in [0.1, 0.15) is 0 Å². The lowest BCUT2D eigenvalue weighted by Crippen LogP contribution is -2.21. The van der Waals surface area contributed by atoms with Gasteiger partial charge >= 0.3 is 0 Å². The Morgan fingerprint density at radius 1 is 1.12 bits per heavy atom. The summed E-state index contributed by atoms with van der Waals surface area (Å²) >= 11 is 1.12. The van der Waals surface area contributed by atoms with Crippen molar-refractivity contribution in [2.24, 2.45) is 0 Å². The number of nitrogens with one attached hydrogen (secondary N) is 2. The Bertz CT molecular complexity index is 996. The van der Waals surface area contributed by atoms with Crippen LogP contribution in [0.15, 0.2) is 48.8 Å². The largest absolute Gasteiger partial charge is 0.376 e. The maximum absolute atomic E-state index is 12.2. The Kier molecular flexibility index (Phi) is 4.01. The van der Waals surface area contributed by atoms with E-state index < -0.39 is 0 Å². The molecule has 0 radical (unpaired) electrons. The van der Waals surface area contributed by atoms with Gasteiger partial charge in [-0.25, -0.2) is 4.68 Å². The highest BCUT2D eigenvalue weighted by atomic mass is 32.1. The molecule has 4 rings (SSSR count). The van der Waals surface area contributed by atoms with Crippen LogP contribution in [0.3, 0.4) is 0 Å². The molecule has 2 aromatic carbocycles. The summed E-state index contributed by atoms with van der Waals surface area (Å²) in [6.45, 7) is 0.137. The smallest absolute Gasteiger partial charge is 0.243 e. The summed E-state index contributed by atoms with van der Waals surface area (Å²) in [7, 11) is 0. The fourth-order valence-corrected chi connectivity index (χ4v) is 2.85. The third kappa shape index (κ3) is 3.28. The highest BCUT2D eigenvalue weighted by molar-refractivity contribution is 7.00. The molecule has 2 N–H and O–H groups in total. The van der Waals surface area contributed by atoms with Crippen molar-refractivity contribution in [2.45, 2.75) is 0 Å². The topological polar surface area (TPSA) is 111 Å². The molecular formula is C15H12N8OS. The van der Waals surface area contributed by atoms with E-state index >= 15 is 0 Å². The quantitative estimate of drug-likeness (QED) is 0.562. The summed E-state index contributed by atoms with van der Waals surface area (Å²) in [4.78, 5) is 12.2. The SMILES string of the molecule is O=C(CNc1ccc(-n2cnnn2)cc1)Nc1cccc2nsnc12. The number of fused-ring (bicyclic) bond motifs is 1. The molecule has 2 aromatic heterocycles. The Balaban J connectivity index is 1.38. The van der Waals surface area contributed by atoms with E-state index in [2.05, 4.69) is 34.9 Å². The molecule has 0 bridgehead atoms. The Hall–Kier alpha value is -3.40. The second-order valence-corrected chi connectivity index (χ2v) is 5.67. The van der Waals surface area contributed by atoms with Gasteiger partial charge in [0.1, 0.15) is 17.4 Å². The van der Waals surface area contributed by atoms with E-state index in [9.17, 15) is 4.79 Å². The third-order valence-electron chi connectivity index (χ3n) is 3.49. The zero-order chi connectivity index (χ0) is 17.1. The number of carbonyl (C=O) groups is 1. The van der Waals surface area contributed by atoms with Gasteiger partial charge in [0.15, 0.2) is 0 Å². The lowest BCUT2D eigenvalue weighted by Gasteiger charge is -2.08. The van der Waals surface area contributed by atoms with Crippen LogP contribution >= 0.6 is 11.7 Å². The van der Waals surface area contributed by atoms with Crippen molar-refractivity contribution >= 4 is 40.0 Å². The van der Waals surface area contributed by atoms with Crippen LogP contribution < -0.4 is 10.6 Å². The van der Waals surface area contributed by atoms with Gasteiger partial charge in [-0.05, 0) is 46.8 Å². The van der Waals surface area contributed by atoms with Crippen LogP contribution in [0.25, 0.3) is 16.7 Å². The standard InChI is InChI=1S/C15H12N8OS/c24-14(18-12-2-1-3-13-15(12)20-25-19-13)8-16-10-4-6-11(7-5-10)23-9-17-21-22-23/h1-7,9,16H,8H2,(H,18,24). The van der Waals surface area contributed by atoms with Gasteiger partial charge in [0.05, 0.1) is 29.6 Å². The van der Waals surface area contributed by atoms with Crippen molar-refractivity contribution in [3.8, 4) is 5.69 Å². The van der Waals surface area contributed by atoms with E-state index in [1.807, 2.05) is 42.5 Å². The molecule has 0 saturated heterocycles. The number of benzene rings is 2. The van der Waals surface area contributed by atoms with Crippen LogP contribution in [0.4, 0.5) is 11.4 Å². The van der Waals surface area contributed by atoms with Gasteiger partial charge < -0.3 is 10.6 Å². The second-order valence-electron chi connectivity index (χ2n) is 5.14. The van der Waals surface area contributed by atoms with Crippen molar-refractivity contribution in [3.63, 3.8) is 0 Å². The number of anilines is 2. The molecule has 2 heterocycles. The molecule has 25 heavy (non-hydrogen) atoms. The van der Waals surface area contributed by atoms with Crippen molar-refractivity contribution in [1.29, 1.82) is 0 Å². The number of aromatic nitrogens is 6. The first kappa shape index (κ1) is 15.1. The van der Waals surface area contributed by atoms with Crippen LogP contribution in [0.5, 0.6) is 0 Å². The molecule has 0 spiro atoms. The first-order chi connectivity index (χ1) is 12.3. The van der Waals surface area contributed by atoms with Crippen LogP contribution in [-0.4, -0.2) is 41.4 Å². The highest BCUT2D eigenvalue weighted by Crippen LogP contribution is 2.21. The summed E-state index contributed by atoms with van der Waals surface area (Å²) < 4.78 is 9.91. The molecule has 1 amide bonds. The van der Waals surface area contributed by atoms with Gasteiger partial charge in [0.25, 0.3) is 0 Å². The van der Waals surface area contributed by atoms with Gasteiger partial charge in [0, 0.05) is 5.69 Å². The van der Waals surface area contributed by atoms with Crippen molar-refractivity contribution in [2.75, 3.05) is 17.2 Å². The van der Waals surface area contributed by atoms with Gasteiger partial charge in [-0.15, -0.1) is 5.10 Å². The zero-order valence-electron chi connectivity index (χ0n) is 12.8. The van der Waals surface area contributed by atoms with Gasteiger partial charge in [-0.2, -0.15) is 8.75 Å². The Morgan fingerprint density at radius 2 is 2.00 bits per heavy atom. The number of nitrogens with zero attached hydrogens (tertiary/aromatic N) is 6. The summed E-state index contributed by atoms with van der Waals surface area (Å²) in [5.41, 5.74) is 3.79. The molecule has 0 aliphatic rings. The first-order valence-corrected chi connectivity index (χ1v) is 8.11. The lowest BCUT2D eigenvalue weighted by molar-refractivity contribution is -0.114. The molecule has 9 nitrogen and oxygen atoms in total. The maximum Gasteiger partial charge on any atom is 0.243 e. The average molecular weight is 352 g/mol. The van der Waals surface area contributed by atoms with Crippen molar-refractivity contribution in [1.82, 2.24) is 29.0 Å². The van der Waals surface area contributed by atoms with E-state index in [4.69, 9.17) is 0 Å². The van der Waals surface area contributed by atoms with Crippen molar-refractivity contribution in [3.05, 3.63) is 48.8 Å². The van der Waals surface area contributed by atoms with Crippen LogP contribution in [0, 0.1) is 0 Å². The minimum absolute atomic E-state index is 0.137. The fraction of sp³-hybridized carbons (Fsp3) is 0.0667. The first-order valence-electron chi connectivity index (χ1n) is 7.38. The number of hydrogen-bond acceptors (Lipinski definition) is 8. The minimum Gasteiger partial charge on any atom is -0.376 e. The summed E-state index contributed by atoms with van der Waals surface area (Å²) in [6, 6.07) is 12.9. The molecule has 4 aromatic rings. The maximum atomic E-state index is 12.2. The van der Waals surface area contributed by atoms with E-state index in [1.54, 1.807) is 4.68 Å². The number of hydrogen-bond donors (Lipinski definition) is 2. The third-order valence-corrected chi connectivity index (χ3v) is 4.04. The number of tetrazole rings is 1. The minimum atomic E-state index is -0.162. The molecule has 0 saturated carbocycles. The Labute approximate surface area is 146 Å². The molecule has 0 unspecified atom stereocenters. The molecule has 0 aliphatic heterocycles. The predicted molar refractivity (Wildman–Crippen MR) is 93.7 cm³/mol. The van der Waals surface area contributed by atoms with Gasteiger partial charge in [-0.3, -0.25) is 4.79 Å². The second kappa shape index (κ2) is 6.61. The summed E-state index contributed by atoms with van der Waals surface area (Å²) in [5.74, 6) is -0.162. The normalized spacial score (nSPS) is 10.7. The summed E-state index contributed by atoms with van der Waals surface area (Å²) in [5, 5.41) is 16.9. The van der Waals surface area contributed by atoms with Crippen LogP contribution in [-0.2, 0) is 4.79 Å². The monoisotopic (exact) mass is 352 g/mol. The highest BCUT2D eigenvalue weighted by Gasteiger charge is 2.08. The predicted octanol–water partition coefficient (Wildman–Crippen LogP) is 1.72. The molecule has 124 valence electrons. The van der Waals surface area contributed by atoms with E-state index in [0.717, 1.165) is 28.6 Å². The van der Waals surface area contributed by atoms with Gasteiger partial charge in [0.2, 0.25) is 5.91 Å². The molecule has 0 aliphatic carbocycles. The number of carbonyl (C=O) groups excluding carboxylic acids is 1. The van der Waals surface area contributed by atoms with E-state index in [0.29, 0.717) is 11.2 Å². The zero-order valence-corrected chi connectivity index (χ0v) is 13.6. The fourth-order valence-electron chi connectivity index (χ4n) is 2.30. The van der Waals surface area contributed by atoms with E-state index in [1.165, 1.54) is 6.33 Å². The molecular weight excluding hydrogens is 340 g/mol. The van der Waals surface area contributed by atoms with E-state index in [-0.39, 0.29) is 12.5 Å².